The van der Waals surface area contributed by atoms with Crippen LogP contribution in [0, 0.1) is 0 Å². The summed E-state index contributed by atoms with van der Waals surface area (Å²) in [5.74, 6) is 2.37. The van der Waals surface area contributed by atoms with E-state index in [1.54, 1.807) is 13.3 Å². The van der Waals surface area contributed by atoms with Crippen LogP contribution in [-0.2, 0) is 0 Å². The lowest BCUT2D eigenvalue weighted by atomic mass is 10.3. The molecule has 0 atom stereocenters. The molecule has 0 bridgehead atoms. The number of ether oxygens (including phenoxy) is 2. The first-order valence-electron chi connectivity index (χ1n) is 8.28. The maximum atomic E-state index is 5.80. The van der Waals surface area contributed by atoms with Gasteiger partial charge in [-0.1, -0.05) is 24.3 Å². The molecule has 0 aliphatic heterocycles. The molecule has 26 heavy (non-hydrogen) atoms. The Hall–Kier alpha value is -3.35. The van der Waals surface area contributed by atoms with Gasteiger partial charge in [-0.05, 0) is 38.1 Å². The second-order valence-corrected chi connectivity index (χ2v) is 5.78. The zero-order valence-corrected chi connectivity index (χ0v) is 14.9. The van der Waals surface area contributed by atoms with Gasteiger partial charge in [-0.2, -0.15) is 10.1 Å². The van der Waals surface area contributed by atoms with Crippen LogP contribution < -0.4 is 20.1 Å². The Morgan fingerprint density at radius 3 is 2.23 bits per heavy atom. The van der Waals surface area contributed by atoms with Crippen LogP contribution in [0.25, 0.3) is 0 Å². The minimum absolute atomic E-state index is 0.0653. The number of nitrogens with zero attached hydrogens (tertiary/aromatic N) is 3. The summed E-state index contributed by atoms with van der Waals surface area (Å²) in [6.45, 7) is 3.96. The summed E-state index contributed by atoms with van der Waals surface area (Å²) >= 11 is 0. The molecule has 0 fully saturated rings. The molecule has 7 heteroatoms. The average molecular weight is 351 g/mol. The molecular formula is C19H21N5O2. The van der Waals surface area contributed by atoms with Crippen molar-refractivity contribution in [1.82, 2.24) is 15.2 Å². The van der Waals surface area contributed by atoms with E-state index in [-0.39, 0.29) is 6.10 Å². The minimum Gasteiger partial charge on any atom is -0.495 e. The molecule has 0 amide bonds. The van der Waals surface area contributed by atoms with Crippen molar-refractivity contribution < 1.29 is 9.47 Å². The van der Waals surface area contributed by atoms with E-state index in [4.69, 9.17) is 9.47 Å². The van der Waals surface area contributed by atoms with E-state index in [2.05, 4.69) is 25.8 Å². The molecule has 0 radical (unpaired) electrons. The van der Waals surface area contributed by atoms with Crippen LogP contribution in [0.4, 0.5) is 23.1 Å². The number of nitrogens with one attached hydrogen (secondary N) is 2. The number of benzene rings is 2. The summed E-state index contributed by atoms with van der Waals surface area (Å²) < 4.78 is 11.1. The highest BCUT2D eigenvalue weighted by molar-refractivity contribution is 5.66. The molecule has 0 unspecified atom stereocenters. The third-order valence-electron chi connectivity index (χ3n) is 3.42. The highest BCUT2D eigenvalue weighted by Gasteiger charge is 2.09. The van der Waals surface area contributed by atoms with Gasteiger partial charge in [0.15, 0.2) is 5.82 Å². The maximum absolute atomic E-state index is 5.80. The van der Waals surface area contributed by atoms with E-state index < -0.39 is 0 Å². The Morgan fingerprint density at radius 2 is 1.54 bits per heavy atom. The normalized spacial score (nSPS) is 10.5. The first-order valence-corrected chi connectivity index (χ1v) is 8.28. The molecule has 0 saturated heterocycles. The van der Waals surface area contributed by atoms with Crippen molar-refractivity contribution in [2.75, 3.05) is 17.7 Å². The molecule has 134 valence electrons. The first kappa shape index (κ1) is 17.5. The van der Waals surface area contributed by atoms with Gasteiger partial charge in [-0.25, -0.2) is 0 Å². The molecule has 0 saturated carbocycles. The van der Waals surface area contributed by atoms with Gasteiger partial charge in [0.05, 0.1) is 30.8 Å². The second-order valence-electron chi connectivity index (χ2n) is 5.78. The van der Waals surface area contributed by atoms with Crippen LogP contribution in [0.1, 0.15) is 13.8 Å². The lowest BCUT2D eigenvalue weighted by molar-refractivity contribution is 0.244. The zero-order chi connectivity index (χ0) is 18.4. The number of hydrogen-bond acceptors (Lipinski definition) is 7. The van der Waals surface area contributed by atoms with E-state index in [0.29, 0.717) is 11.8 Å². The van der Waals surface area contributed by atoms with Crippen molar-refractivity contribution >= 4 is 23.1 Å². The van der Waals surface area contributed by atoms with Crippen LogP contribution in [0.2, 0.25) is 0 Å². The van der Waals surface area contributed by atoms with Gasteiger partial charge in [0, 0.05) is 0 Å². The van der Waals surface area contributed by atoms with Crippen molar-refractivity contribution in [2.24, 2.45) is 0 Å². The molecule has 7 nitrogen and oxygen atoms in total. The Balaban J connectivity index is 1.80. The summed E-state index contributed by atoms with van der Waals surface area (Å²) in [6.07, 6.45) is 1.62. The molecule has 2 aromatic carbocycles. The van der Waals surface area contributed by atoms with Gasteiger partial charge in [-0.15, -0.1) is 5.10 Å². The van der Waals surface area contributed by atoms with E-state index in [1.165, 1.54) is 0 Å². The van der Waals surface area contributed by atoms with Gasteiger partial charge in [0.25, 0.3) is 0 Å². The van der Waals surface area contributed by atoms with Crippen LogP contribution in [-0.4, -0.2) is 28.4 Å². The van der Waals surface area contributed by atoms with Crippen molar-refractivity contribution in [3.05, 3.63) is 54.7 Å². The molecule has 0 spiro atoms. The molecular weight excluding hydrogens is 330 g/mol. The number of rotatable bonds is 7. The molecule has 3 rings (SSSR count). The standard InChI is InChI=1S/C19H21N5O2/c1-13(2)26-17-11-7-5-9-15(17)22-19-23-18(12-20-24-19)21-14-8-4-6-10-16(14)25-3/h4-13H,1-3H3,(H2,21,22,23,24). The summed E-state index contributed by atoms with van der Waals surface area (Å²) in [5.41, 5.74) is 1.57. The lowest BCUT2D eigenvalue weighted by Gasteiger charge is -2.15. The maximum Gasteiger partial charge on any atom is 0.249 e. The fraction of sp³-hybridized carbons (Fsp3) is 0.211. The highest BCUT2D eigenvalue weighted by atomic mass is 16.5. The van der Waals surface area contributed by atoms with Gasteiger partial charge in [0.2, 0.25) is 5.95 Å². The molecule has 1 aromatic heterocycles. The average Bonchev–Trinajstić information content (AvgIpc) is 2.64. The number of methoxy groups -OCH3 is 1. The van der Waals surface area contributed by atoms with E-state index >= 15 is 0 Å². The molecule has 0 aliphatic carbocycles. The van der Waals surface area contributed by atoms with Crippen LogP contribution in [0.15, 0.2) is 54.7 Å². The van der Waals surface area contributed by atoms with Gasteiger partial charge < -0.3 is 20.1 Å². The van der Waals surface area contributed by atoms with Crippen molar-refractivity contribution in [1.29, 1.82) is 0 Å². The Kier molecular flexibility index (Phi) is 5.48. The first-order chi connectivity index (χ1) is 12.7. The topological polar surface area (TPSA) is 81.2 Å². The number of anilines is 4. The smallest absolute Gasteiger partial charge is 0.249 e. The Morgan fingerprint density at radius 1 is 0.885 bits per heavy atom. The number of para-hydroxylation sites is 4. The summed E-state index contributed by atoms with van der Waals surface area (Å²) in [4.78, 5) is 4.45. The van der Waals surface area contributed by atoms with Crippen molar-refractivity contribution in [2.45, 2.75) is 20.0 Å². The second kappa shape index (κ2) is 8.15. The fourth-order valence-electron chi connectivity index (χ4n) is 2.35. The third-order valence-corrected chi connectivity index (χ3v) is 3.42. The predicted molar refractivity (Wildman–Crippen MR) is 102 cm³/mol. The monoisotopic (exact) mass is 351 g/mol. The number of hydrogen-bond donors (Lipinski definition) is 2. The van der Waals surface area contributed by atoms with Gasteiger partial charge in [-0.3, -0.25) is 0 Å². The summed E-state index contributed by atoms with van der Waals surface area (Å²) in [5, 5.41) is 14.4. The van der Waals surface area contributed by atoms with Gasteiger partial charge >= 0.3 is 0 Å². The van der Waals surface area contributed by atoms with Crippen molar-refractivity contribution in [3.8, 4) is 11.5 Å². The van der Waals surface area contributed by atoms with Gasteiger partial charge in [0.1, 0.15) is 11.5 Å². The fourth-order valence-corrected chi connectivity index (χ4v) is 2.35. The van der Waals surface area contributed by atoms with Crippen LogP contribution in [0.5, 0.6) is 11.5 Å². The lowest BCUT2D eigenvalue weighted by Crippen LogP contribution is -2.08. The Bertz CT molecular complexity index is 870. The highest BCUT2D eigenvalue weighted by Crippen LogP contribution is 2.28. The largest absolute Gasteiger partial charge is 0.495 e. The zero-order valence-electron chi connectivity index (χ0n) is 14.9. The summed E-state index contributed by atoms with van der Waals surface area (Å²) in [7, 11) is 1.62. The molecule has 1 heterocycles. The van der Waals surface area contributed by atoms with E-state index in [1.807, 2.05) is 62.4 Å². The van der Waals surface area contributed by atoms with Crippen LogP contribution in [0.3, 0.4) is 0 Å². The molecule has 3 aromatic rings. The van der Waals surface area contributed by atoms with Crippen molar-refractivity contribution in [3.63, 3.8) is 0 Å². The number of aromatic nitrogens is 3. The van der Waals surface area contributed by atoms with Crippen LogP contribution >= 0.6 is 0 Å². The molecule has 2 N–H and O–H groups in total. The molecule has 0 aliphatic rings. The van der Waals surface area contributed by atoms with E-state index in [9.17, 15) is 0 Å². The van der Waals surface area contributed by atoms with E-state index in [0.717, 1.165) is 22.9 Å². The predicted octanol–water partition coefficient (Wildman–Crippen LogP) is 4.15. The quantitative estimate of drug-likeness (QED) is 0.661. The SMILES string of the molecule is COc1ccccc1Nc1cnnc(Nc2ccccc2OC(C)C)n1. The summed E-state index contributed by atoms with van der Waals surface area (Å²) in [6, 6.07) is 15.2. The minimum atomic E-state index is 0.0653. The Labute approximate surface area is 152 Å². The third kappa shape index (κ3) is 4.38.